The monoisotopic (exact) mass is 368 g/mol. The Labute approximate surface area is 139 Å². The quantitative estimate of drug-likeness (QED) is 0.617. The molecule has 0 aromatic heterocycles. The summed E-state index contributed by atoms with van der Waals surface area (Å²) in [5, 5.41) is 1.66. The van der Waals surface area contributed by atoms with Crippen LogP contribution in [0.3, 0.4) is 0 Å². The van der Waals surface area contributed by atoms with Crippen molar-refractivity contribution in [3.8, 4) is 11.5 Å². The standard InChI is InChI=1S/C17H18BrClO2/c1-20-16-8-4-5-9-17(16)21-11-10-13(12-18)14-6-2-3-7-15(14)19/h2-9,13H,10-12H2,1H3. The van der Waals surface area contributed by atoms with Gasteiger partial charge in [0.1, 0.15) is 0 Å². The van der Waals surface area contributed by atoms with E-state index in [1.807, 2.05) is 42.5 Å². The molecule has 0 aliphatic rings. The lowest BCUT2D eigenvalue weighted by Crippen LogP contribution is -2.08. The molecule has 0 spiro atoms. The molecule has 2 rings (SSSR count). The molecule has 2 aromatic rings. The Kier molecular flexibility index (Phi) is 6.40. The van der Waals surface area contributed by atoms with Gasteiger partial charge in [-0.15, -0.1) is 0 Å². The maximum Gasteiger partial charge on any atom is 0.161 e. The van der Waals surface area contributed by atoms with Crippen molar-refractivity contribution in [2.24, 2.45) is 0 Å². The van der Waals surface area contributed by atoms with Gasteiger partial charge in [-0.1, -0.05) is 57.9 Å². The first-order chi connectivity index (χ1) is 10.3. The van der Waals surface area contributed by atoms with Crippen LogP contribution in [-0.2, 0) is 0 Å². The summed E-state index contributed by atoms with van der Waals surface area (Å²) in [5.74, 6) is 1.85. The highest BCUT2D eigenvalue weighted by molar-refractivity contribution is 9.09. The molecule has 0 aliphatic carbocycles. The van der Waals surface area contributed by atoms with Crippen molar-refractivity contribution >= 4 is 27.5 Å². The van der Waals surface area contributed by atoms with Crippen LogP contribution in [0.5, 0.6) is 11.5 Å². The van der Waals surface area contributed by atoms with Gasteiger partial charge in [0.25, 0.3) is 0 Å². The molecule has 4 heteroatoms. The molecule has 0 saturated heterocycles. The Morgan fingerprint density at radius 1 is 1.05 bits per heavy atom. The molecule has 0 fully saturated rings. The SMILES string of the molecule is COc1ccccc1OCCC(CBr)c1ccccc1Cl. The molecule has 0 aliphatic heterocycles. The van der Waals surface area contributed by atoms with E-state index in [0.717, 1.165) is 33.8 Å². The summed E-state index contributed by atoms with van der Waals surface area (Å²) in [5.41, 5.74) is 1.15. The van der Waals surface area contributed by atoms with Gasteiger partial charge >= 0.3 is 0 Å². The van der Waals surface area contributed by atoms with Crippen LogP contribution in [0.2, 0.25) is 5.02 Å². The second-order valence-electron chi connectivity index (χ2n) is 4.66. The van der Waals surface area contributed by atoms with Crippen LogP contribution >= 0.6 is 27.5 Å². The van der Waals surface area contributed by atoms with E-state index in [1.165, 1.54) is 0 Å². The van der Waals surface area contributed by atoms with Gasteiger partial charge in [0.05, 0.1) is 13.7 Å². The first-order valence-electron chi connectivity index (χ1n) is 6.82. The predicted octanol–water partition coefficient (Wildman–Crippen LogP) is 5.30. The van der Waals surface area contributed by atoms with E-state index in [4.69, 9.17) is 21.1 Å². The third-order valence-electron chi connectivity index (χ3n) is 3.32. The van der Waals surface area contributed by atoms with E-state index in [9.17, 15) is 0 Å². The van der Waals surface area contributed by atoms with Crippen LogP contribution in [0, 0.1) is 0 Å². The molecule has 1 unspecified atom stereocenters. The van der Waals surface area contributed by atoms with E-state index in [2.05, 4.69) is 22.0 Å². The third-order valence-corrected chi connectivity index (χ3v) is 4.45. The van der Waals surface area contributed by atoms with Gasteiger partial charge in [-0.3, -0.25) is 0 Å². The average Bonchev–Trinajstić information content (AvgIpc) is 2.53. The molecule has 0 N–H and O–H groups in total. The van der Waals surface area contributed by atoms with Gasteiger partial charge < -0.3 is 9.47 Å². The van der Waals surface area contributed by atoms with Crippen LogP contribution in [0.4, 0.5) is 0 Å². The fraction of sp³-hybridized carbons (Fsp3) is 0.294. The van der Waals surface area contributed by atoms with Crippen molar-refractivity contribution in [1.82, 2.24) is 0 Å². The summed E-state index contributed by atoms with van der Waals surface area (Å²) in [4.78, 5) is 0. The van der Waals surface area contributed by atoms with E-state index in [1.54, 1.807) is 7.11 Å². The maximum atomic E-state index is 6.26. The number of ether oxygens (including phenoxy) is 2. The second kappa shape index (κ2) is 8.30. The van der Waals surface area contributed by atoms with Crippen LogP contribution < -0.4 is 9.47 Å². The fourth-order valence-corrected chi connectivity index (χ4v) is 3.13. The number of benzene rings is 2. The zero-order valence-electron chi connectivity index (χ0n) is 11.9. The van der Waals surface area contributed by atoms with Crippen molar-refractivity contribution in [2.75, 3.05) is 19.0 Å². The van der Waals surface area contributed by atoms with Gasteiger partial charge in [0.15, 0.2) is 11.5 Å². The Morgan fingerprint density at radius 2 is 1.71 bits per heavy atom. The summed E-state index contributed by atoms with van der Waals surface area (Å²) < 4.78 is 11.1. The minimum absolute atomic E-state index is 0.327. The van der Waals surface area contributed by atoms with Crippen LogP contribution in [0.15, 0.2) is 48.5 Å². The highest BCUT2D eigenvalue weighted by atomic mass is 79.9. The van der Waals surface area contributed by atoms with Gasteiger partial charge in [0.2, 0.25) is 0 Å². The lowest BCUT2D eigenvalue weighted by Gasteiger charge is -2.17. The second-order valence-corrected chi connectivity index (χ2v) is 5.72. The van der Waals surface area contributed by atoms with Gasteiger partial charge in [-0.25, -0.2) is 0 Å². The molecule has 112 valence electrons. The molecule has 0 saturated carbocycles. The van der Waals surface area contributed by atoms with Crippen LogP contribution in [-0.4, -0.2) is 19.0 Å². The number of alkyl halides is 1. The summed E-state index contributed by atoms with van der Waals surface area (Å²) >= 11 is 9.82. The van der Waals surface area contributed by atoms with Crippen molar-refractivity contribution in [1.29, 1.82) is 0 Å². The first-order valence-corrected chi connectivity index (χ1v) is 8.32. The average molecular weight is 370 g/mol. The first kappa shape index (κ1) is 16.2. The van der Waals surface area contributed by atoms with E-state index < -0.39 is 0 Å². The molecular formula is C17H18BrClO2. The van der Waals surface area contributed by atoms with E-state index >= 15 is 0 Å². The van der Waals surface area contributed by atoms with Gasteiger partial charge in [-0.05, 0) is 36.1 Å². The normalized spacial score (nSPS) is 12.0. The summed E-state index contributed by atoms with van der Waals surface area (Å²) in [7, 11) is 1.65. The number of methoxy groups -OCH3 is 1. The Morgan fingerprint density at radius 3 is 2.38 bits per heavy atom. The number of hydrogen-bond acceptors (Lipinski definition) is 2. The van der Waals surface area contributed by atoms with E-state index in [0.29, 0.717) is 12.5 Å². The largest absolute Gasteiger partial charge is 0.493 e. The molecule has 2 aromatic carbocycles. The predicted molar refractivity (Wildman–Crippen MR) is 91.1 cm³/mol. The van der Waals surface area contributed by atoms with Crippen LogP contribution in [0.25, 0.3) is 0 Å². The fourth-order valence-electron chi connectivity index (χ4n) is 2.17. The van der Waals surface area contributed by atoms with Gasteiger partial charge in [0, 0.05) is 10.4 Å². The van der Waals surface area contributed by atoms with Crippen molar-refractivity contribution in [3.63, 3.8) is 0 Å². The molecule has 21 heavy (non-hydrogen) atoms. The Bertz CT molecular complexity index is 574. The summed E-state index contributed by atoms with van der Waals surface area (Å²) in [6.45, 7) is 0.613. The van der Waals surface area contributed by atoms with Crippen LogP contribution in [0.1, 0.15) is 17.9 Å². The molecule has 0 radical (unpaired) electrons. The molecular weight excluding hydrogens is 352 g/mol. The molecule has 1 atom stereocenters. The molecule has 2 nitrogen and oxygen atoms in total. The zero-order valence-corrected chi connectivity index (χ0v) is 14.2. The van der Waals surface area contributed by atoms with Crippen molar-refractivity contribution in [3.05, 3.63) is 59.1 Å². The van der Waals surface area contributed by atoms with Crippen molar-refractivity contribution < 1.29 is 9.47 Å². The number of rotatable bonds is 7. The molecule has 0 heterocycles. The Balaban J connectivity index is 1.97. The third kappa shape index (κ3) is 4.39. The smallest absolute Gasteiger partial charge is 0.161 e. The van der Waals surface area contributed by atoms with Crippen molar-refractivity contribution in [2.45, 2.75) is 12.3 Å². The summed E-state index contributed by atoms with van der Waals surface area (Å²) in [6.07, 6.45) is 0.882. The number of para-hydroxylation sites is 2. The highest BCUT2D eigenvalue weighted by Gasteiger charge is 2.14. The lowest BCUT2D eigenvalue weighted by molar-refractivity contribution is 0.282. The minimum atomic E-state index is 0.327. The van der Waals surface area contributed by atoms with Gasteiger partial charge in [-0.2, -0.15) is 0 Å². The number of halogens is 2. The highest BCUT2D eigenvalue weighted by Crippen LogP contribution is 2.30. The summed E-state index contributed by atoms with van der Waals surface area (Å²) in [6, 6.07) is 15.6. The minimum Gasteiger partial charge on any atom is -0.493 e. The molecule has 0 bridgehead atoms. The zero-order chi connectivity index (χ0) is 15.1. The topological polar surface area (TPSA) is 18.5 Å². The van der Waals surface area contributed by atoms with E-state index in [-0.39, 0.29) is 0 Å². The maximum absolute atomic E-state index is 6.26. The Hall–Kier alpha value is -1.19. The lowest BCUT2D eigenvalue weighted by atomic mass is 9.98. The number of hydrogen-bond donors (Lipinski definition) is 0. The molecule has 0 amide bonds.